The Kier molecular flexibility index (Phi) is 5.66. The van der Waals surface area contributed by atoms with Crippen molar-refractivity contribution < 1.29 is 14.0 Å². The van der Waals surface area contributed by atoms with Gasteiger partial charge in [-0.25, -0.2) is 4.39 Å². The van der Waals surface area contributed by atoms with Crippen LogP contribution in [0, 0.1) is 5.82 Å². The predicted molar refractivity (Wildman–Crippen MR) is 84.7 cm³/mol. The maximum atomic E-state index is 13.0. The molecule has 2 rings (SSSR count). The number of carbonyl (C=O) groups is 2. The molecule has 0 atom stereocenters. The average Bonchev–Trinajstić information content (AvgIpc) is 2.51. The summed E-state index contributed by atoms with van der Waals surface area (Å²) in [6, 6.07) is 13.2. The summed E-state index contributed by atoms with van der Waals surface area (Å²) < 4.78 is 13.3. The topological polar surface area (TPSA) is 58.2 Å². The van der Waals surface area contributed by atoms with E-state index in [1.165, 1.54) is 18.2 Å². The van der Waals surface area contributed by atoms with Crippen molar-refractivity contribution in [3.8, 4) is 0 Å². The number of benzene rings is 2. The third-order valence-electron chi connectivity index (χ3n) is 2.92. The molecule has 0 spiro atoms. The lowest BCUT2D eigenvalue weighted by atomic mass is 10.2. The molecule has 0 fully saturated rings. The Morgan fingerprint density at radius 1 is 1.05 bits per heavy atom. The van der Waals surface area contributed by atoms with Gasteiger partial charge in [0.2, 0.25) is 5.91 Å². The molecule has 114 valence electrons. The predicted octanol–water partition coefficient (Wildman–Crippen LogP) is 2.63. The molecular formula is C16H14BrFN2O2. The Morgan fingerprint density at radius 2 is 1.77 bits per heavy atom. The molecular weight excluding hydrogens is 351 g/mol. The Bertz CT molecular complexity index is 677. The molecule has 0 aliphatic carbocycles. The highest BCUT2D eigenvalue weighted by molar-refractivity contribution is 9.10. The Morgan fingerprint density at radius 3 is 2.45 bits per heavy atom. The first-order valence-corrected chi connectivity index (χ1v) is 7.39. The first kappa shape index (κ1) is 16.2. The molecule has 2 aromatic carbocycles. The van der Waals surface area contributed by atoms with Crippen LogP contribution in [0.2, 0.25) is 0 Å². The van der Waals surface area contributed by atoms with Crippen molar-refractivity contribution in [1.82, 2.24) is 10.6 Å². The van der Waals surface area contributed by atoms with E-state index in [2.05, 4.69) is 26.6 Å². The maximum Gasteiger partial charge on any atom is 0.252 e. The summed E-state index contributed by atoms with van der Waals surface area (Å²) in [7, 11) is 0. The first-order valence-electron chi connectivity index (χ1n) is 6.60. The summed E-state index contributed by atoms with van der Waals surface area (Å²) in [5.41, 5.74) is 1.25. The molecule has 0 bridgehead atoms. The van der Waals surface area contributed by atoms with Crippen LogP contribution in [0.5, 0.6) is 0 Å². The minimum Gasteiger partial charge on any atom is -0.350 e. The molecule has 6 heteroatoms. The van der Waals surface area contributed by atoms with E-state index >= 15 is 0 Å². The van der Waals surface area contributed by atoms with Gasteiger partial charge in [-0.2, -0.15) is 0 Å². The van der Waals surface area contributed by atoms with Crippen LogP contribution >= 0.6 is 15.9 Å². The van der Waals surface area contributed by atoms with Gasteiger partial charge >= 0.3 is 0 Å². The van der Waals surface area contributed by atoms with Gasteiger partial charge in [0.25, 0.3) is 5.91 Å². The van der Waals surface area contributed by atoms with Gasteiger partial charge in [0.15, 0.2) is 0 Å². The van der Waals surface area contributed by atoms with Crippen molar-refractivity contribution in [2.45, 2.75) is 6.54 Å². The number of hydrogen-bond donors (Lipinski definition) is 2. The van der Waals surface area contributed by atoms with Crippen LogP contribution in [-0.2, 0) is 11.3 Å². The quantitative estimate of drug-likeness (QED) is 0.856. The van der Waals surface area contributed by atoms with E-state index < -0.39 is 11.7 Å². The zero-order valence-corrected chi connectivity index (χ0v) is 13.2. The molecule has 0 unspecified atom stereocenters. The number of amides is 2. The second kappa shape index (κ2) is 7.70. The summed E-state index contributed by atoms with van der Waals surface area (Å²) in [6.07, 6.45) is 0. The van der Waals surface area contributed by atoms with E-state index in [1.807, 2.05) is 30.3 Å². The molecule has 2 aromatic rings. The number of halogens is 2. The van der Waals surface area contributed by atoms with Crippen molar-refractivity contribution in [3.05, 3.63) is 69.9 Å². The normalized spacial score (nSPS) is 10.1. The highest BCUT2D eigenvalue weighted by atomic mass is 79.9. The molecule has 0 radical (unpaired) electrons. The van der Waals surface area contributed by atoms with Gasteiger partial charge in [-0.1, -0.05) is 30.3 Å². The Hall–Kier alpha value is -2.21. The van der Waals surface area contributed by atoms with Crippen LogP contribution in [0.25, 0.3) is 0 Å². The molecule has 0 aliphatic rings. The van der Waals surface area contributed by atoms with Crippen LogP contribution in [0.3, 0.4) is 0 Å². The smallest absolute Gasteiger partial charge is 0.252 e. The summed E-state index contributed by atoms with van der Waals surface area (Å²) in [5, 5.41) is 5.20. The zero-order valence-electron chi connectivity index (χ0n) is 11.6. The van der Waals surface area contributed by atoms with Crippen LogP contribution in [0.1, 0.15) is 15.9 Å². The number of rotatable bonds is 5. The van der Waals surface area contributed by atoms with Gasteiger partial charge in [0.05, 0.1) is 12.1 Å². The molecule has 22 heavy (non-hydrogen) atoms. The van der Waals surface area contributed by atoms with Crippen LogP contribution in [0.4, 0.5) is 4.39 Å². The number of hydrogen-bond acceptors (Lipinski definition) is 2. The summed E-state index contributed by atoms with van der Waals surface area (Å²) in [4.78, 5) is 23.6. The van der Waals surface area contributed by atoms with E-state index in [-0.39, 0.29) is 18.0 Å². The van der Waals surface area contributed by atoms with Crippen molar-refractivity contribution in [3.63, 3.8) is 0 Å². The molecule has 0 saturated heterocycles. The van der Waals surface area contributed by atoms with Gasteiger partial charge in [-0.15, -0.1) is 0 Å². The molecule has 0 heterocycles. The van der Waals surface area contributed by atoms with Crippen molar-refractivity contribution in [1.29, 1.82) is 0 Å². The minimum absolute atomic E-state index is 0.143. The lowest BCUT2D eigenvalue weighted by molar-refractivity contribution is -0.120. The van der Waals surface area contributed by atoms with Crippen LogP contribution in [-0.4, -0.2) is 18.4 Å². The SMILES string of the molecule is O=C(CNC(=O)c1ccc(F)cc1Br)NCc1ccccc1. The molecule has 0 aliphatic heterocycles. The number of carbonyl (C=O) groups excluding carboxylic acids is 2. The number of nitrogens with one attached hydrogen (secondary N) is 2. The fourth-order valence-electron chi connectivity index (χ4n) is 1.79. The summed E-state index contributed by atoms with van der Waals surface area (Å²) in [5.74, 6) is -1.18. The largest absolute Gasteiger partial charge is 0.350 e. The molecule has 0 saturated carbocycles. The van der Waals surface area contributed by atoms with Gasteiger partial charge < -0.3 is 10.6 Å². The lowest BCUT2D eigenvalue weighted by Gasteiger charge is -2.08. The zero-order chi connectivity index (χ0) is 15.9. The summed E-state index contributed by atoms with van der Waals surface area (Å²) in [6.45, 7) is 0.255. The summed E-state index contributed by atoms with van der Waals surface area (Å²) >= 11 is 3.11. The first-order chi connectivity index (χ1) is 10.6. The molecule has 0 aromatic heterocycles. The third kappa shape index (κ3) is 4.66. The second-order valence-corrected chi connectivity index (χ2v) is 5.42. The Balaban J connectivity index is 1.82. The van der Waals surface area contributed by atoms with Crippen LogP contribution < -0.4 is 10.6 Å². The highest BCUT2D eigenvalue weighted by Gasteiger charge is 2.11. The van der Waals surface area contributed by atoms with E-state index in [1.54, 1.807) is 0 Å². The van der Waals surface area contributed by atoms with E-state index in [9.17, 15) is 14.0 Å². The van der Waals surface area contributed by atoms with Crippen LogP contribution in [0.15, 0.2) is 53.0 Å². The minimum atomic E-state index is -0.443. The standard InChI is InChI=1S/C16H14BrFN2O2/c17-14-8-12(18)6-7-13(14)16(22)20-10-15(21)19-9-11-4-2-1-3-5-11/h1-8H,9-10H2,(H,19,21)(H,20,22). The van der Waals surface area contributed by atoms with Gasteiger partial charge in [0.1, 0.15) is 5.82 Å². The van der Waals surface area contributed by atoms with Gasteiger partial charge in [0, 0.05) is 11.0 Å². The van der Waals surface area contributed by atoms with Crippen molar-refractivity contribution in [2.75, 3.05) is 6.54 Å². The second-order valence-electron chi connectivity index (χ2n) is 4.57. The van der Waals surface area contributed by atoms with E-state index in [4.69, 9.17) is 0 Å². The van der Waals surface area contributed by atoms with Crippen molar-refractivity contribution in [2.24, 2.45) is 0 Å². The fourth-order valence-corrected chi connectivity index (χ4v) is 2.32. The van der Waals surface area contributed by atoms with E-state index in [0.29, 0.717) is 11.0 Å². The van der Waals surface area contributed by atoms with Crippen molar-refractivity contribution >= 4 is 27.7 Å². The monoisotopic (exact) mass is 364 g/mol. The maximum absolute atomic E-state index is 13.0. The van der Waals surface area contributed by atoms with E-state index in [0.717, 1.165) is 5.56 Å². The highest BCUT2D eigenvalue weighted by Crippen LogP contribution is 2.17. The third-order valence-corrected chi connectivity index (χ3v) is 3.57. The van der Waals surface area contributed by atoms with Gasteiger partial charge in [-0.05, 0) is 39.7 Å². The molecule has 2 N–H and O–H groups in total. The fraction of sp³-hybridized carbons (Fsp3) is 0.125. The molecule has 2 amide bonds. The van der Waals surface area contributed by atoms with Gasteiger partial charge in [-0.3, -0.25) is 9.59 Å². The lowest BCUT2D eigenvalue weighted by Crippen LogP contribution is -2.36. The Labute approximate surface area is 135 Å². The average molecular weight is 365 g/mol. The molecule has 4 nitrogen and oxygen atoms in total.